The summed E-state index contributed by atoms with van der Waals surface area (Å²) in [6.45, 7) is 0.728. The molecule has 20 heavy (non-hydrogen) atoms. The smallest absolute Gasteiger partial charge is 0.311 e. The molecule has 3 rings (SSSR count). The number of anilines is 1. The minimum absolute atomic E-state index is 0.0288. The van der Waals surface area contributed by atoms with Crippen LogP contribution in [0.5, 0.6) is 0 Å². The Hall–Kier alpha value is -2.43. The number of carbonyl (C=O) groups is 1. The van der Waals surface area contributed by atoms with Crippen molar-refractivity contribution in [2.45, 2.75) is 19.4 Å². The van der Waals surface area contributed by atoms with Gasteiger partial charge in [-0.25, -0.2) is 9.78 Å². The molecule has 0 spiro atoms. The van der Waals surface area contributed by atoms with Crippen LogP contribution in [0.1, 0.15) is 12.0 Å². The lowest BCUT2D eigenvalue weighted by molar-refractivity contribution is -0.119. The average Bonchev–Trinajstić information content (AvgIpc) is 2.49. The molecule has 5 heteroatoms. The van der Waals surface area contributed by atoms with Crippen molar-refractivity contribution in [2.24, 2.45) is 0 Å². The molecule has 0 radical (unpaired) electrons. The number of fused-ring (bicyclic) bond motifs is 1. The molecule has 1 aromatic heterocycles. The number of amides is 1. The van der Waals surface area contributed by atoms with Crippen LogP contribution in [0.4, 0.5) is 5.69 Å². The van der Waals surface area contributed by atoms with E-state index in [4.69, 9.17) is 0 Å². The van der Waals surface area contributed by atoms with E-state index in [0.717, 1.165) is 18.5 Å². The van der Waals surface area contributed by atoms with Gasteiger partial charge in [-0.3, -0.25) is 9.36 Å². The molecule has 1 aliphatic heterocycles. The molecular formula is C15H15N3O2. The van der Waals surface area contributed by atoms with Crippen molar-refractivity contribution in [3.05, 3.63) is 58.8 Å². The molecule has 0 N–H and O–H groups in total. The molecule has 5 nitrogen and oxygen atoms in total. The van der Waals surface area contributed by atoms with Crippen molar-refractivity contribution in [3.8, 4) is 0 Å². The van der Waals surface area contributed by atoms with Crippen molar-refractivity contribution in [2.75, 3.05) is 11.4 Å². The number of aryl methyl sites for hydroxylation is 1. The van der Waals surface area contributed by atoms with E-state index in [-0.39, 0.29) is 12.5 Å². The predicted molar refractivity (Wildman–Crippen MR) is 75.6 cm³/mol. The van der Waals surface area contributed by atoms with Gasteiger partial charge < -0.3 is 4.90 Å². The lowest BCUT2D eigenvalue weighted by Gasteiger charge is -2.29. The third-order valence-electron chi connectivity index (χ3n) is 3.50. The molecule has 102 valence electrons. The summed E-state index contributed by atoms with van der Waals surface area (Å²) in [5.74, 6) is -0.0766. The molecule has 2 heterocycles. The third-order valence-corrected chi connectivity index (χ3v) is 3.50. The van der Waals surface area contributed by atoms with Crippen molar-refractivity contribution >= 4 is 11.6 Å². The van der Waals surface area contributed by atoms with Crippen LogP contribution >= 0.6 is 0 Å². The number of rotatable bonds is 2. The Morgan fingerprint density at radius 2 is 2.10 bits per heavy atom. The van der Waals surface area contributed by atoms with Crippen LogP contribution in [0.2, 0.25) is 0 Å². The van der Waals surface area contributed by atoms with Gasteiger partial charge in [0.05, 0.1) is 0 Å². The molecule has 1 aliphatic rings. The molecular weight excluding hydrogens is 254 g/mol. The first-order chi connectivity index (χ1) is 9.75. The van der Waals surface area contributed by atoms with E-state index >= 15 is 0 Å². The topological polar surface area (TPSA) is 55.2 Å². The van der Waals surface area contributed by atoms with E-state index in [2.05, 4.69) is 4.98 Å². The zero-order chi connectivity index (χ0) is 13.9. The van der Waals surface area contributed by atoms with Gasteiger partial charge in [0, 0.05) is 24.6 Å². The molecule has 1 amide bonds. The first kappa shape index (κ1) is 12.6. The normalized spacial score (nSPS) is 13.9. The standard InChI is InChI=1S/C15H15N3O2/c19-14(11-17-9-4-8-16-15(17)20)18-10-3-6-12-5-1-2-7-13(12)18/h1-2,4-5,7-9H,3,6,10-11H2. The fourth-order valence-electron chi connectivity index (χ4n) is 2.53. The Bertz CT molecular complexity index is 693. The highest BCUT2D eigenvalue weighted by Gasteiger charge is 2.22. The molecule has 0 saturated carbocycles. The molecule has 1 aromatic carbocycles. The van der Waals surface area contributed by atoms with Gasteiger partial charge in [-0.05, 0) is 30.5 Å². The van der Waals surface area contributed by atoms with E-state index < -0.39 is 5.69 Å². The van der Waals surface area contributed by atoms with Crippen molar-refractivity contribution in [1.29, 1.82) is 0 Å². The van der Waals surface area contributed by atoms with Gasteiger partial charge in [-0.1, -0.05) is 18.2 Å². The largest absolute Gasteiger partial charge is 0.347 e. The summed E-state index contributed by atoms with van der Waals surface area (Å²) in [6, 6.07) is 9.57. The Morgan fingerprint density at radius 3 is 2.95 bits per heavy atom. The molecule has 2 aromatic rings. The van der Waals surface area contributed by atoms with Gasteiger partial charge in [0.25, 0.3) is 0 Å². The minimum Gasteiger partial charge on any atom is -0.311 e. The number of aromatic nitrogens is 2. The fourth-order valence-corrected chi connectivity index (χ4v) is 2.53. The van der Waals surface area contributed by atoms with Crippen molar-refractivity contribution in [1.82, 2.24) is 9.55 Å². The highest BCUT2D eigenvalue weighted by atomic mass is 16.2. The summed E-state index contributed by atoms with van der Waals surface area (Å²) < 4.78 is 1.33. The fraction of sp³-hybridized carbons (Fsp3) is 0.267. The summed E-state index contributed by atoms with van der Waals surface area (Å²) in [4.78, 5) is 29.4. The Balaban J connectivity index is 1.86. The summed E-state index contributed by atoms with van der Waals surface area (Å²) in [7, 11) is 0. The zero-order valence-electron chi connectivity index (χ0n) is 11.0. The van der Waals surface area contributed by atoms with Crippen molar-refractivity contribution in [3.63, 3.8) is 0 Å². The number of para-hydroxylation sites is 1. The van der Waals surface area contributed by atoms with Crippen molar-refractivity contribution < 1.29 is 4.79 Å². The Kier molecular flexibility index (Phi) is 3.33. The summed E-state index contributed by atoms with van der Waals surface area (Å²) in [5.41, 5.74) is 1.75. The van der Waals surface area contributed by atoms with Gasteiger partial charge in [-0.2, -0.15) is 0 Å². The van der Waals surface area contributed by atoms with Crippen LogP contribution in [0.15, 0.2) is 47.5 Å². The Morgan fingerprint density at radius 1 is 1.25 bits per heavy atom. The maximum Gasteiger partial charge on any atom is 0.347 e. The van der Waals surface area contributed by atoms with Gasteiger partial charge in [-0.15, -0.1) is 0 Å². The van der Waals surface area contributed by atoms with E-state index in [1.165, 1.54) is 16.3 Å². The lowest BCUT2D eigenvalue weighted by atomic mass is 10.0. The second-order valence-corrected chi connectivity index (χ2v) is 4.81. The van der Waals surface area contributed by atoms with E-state index in [9.17, 15) is 9.59 Å². The van der Waals surface area contributed by atoms with Gasteiger partial charge in [0.1, 0.15) is 6.54 Å². The number of benzene rings is 1. The Labute approximate surface area is 116 Å². The molecule has 0 saturated heterocycles. The SMILES string of the molecule is O=C(Cn1cccnc1=O)N1CCCc2ccccc21. The highest BCUT2D eigenvalue weighted by Crippen LogP contribution is 2.26. The number of hydrogen-bond acceptors (Lipinski definition) is 3. The summed E-state index contributed by atoms with van der Waals surface area (Å²) in [5, 5.41) is 0. The van der Waals surface area contributed by atoms with E-state index in [0.29, 0.717) is 6.54 Å². The van der Waals surface area contributed by atoms with Crippen LogP contribution < -0.4 is 10.6 Å². The quantitative estimate of drug-likeness (QED) is 0.823. The summed E-state index contributed by atoms with van der Waals surface area (Å²) in [6.07, 6.45) is 4.96. The number of carbonyl (C=O) groups excluding carboxylic acids is 1. The monoisotopic (exact) mass is 269 g/mol. The number of nitrogens with zero attached hydrogens (tertiary/aromatic N) is 3. The molecule has 0 atom stereocenters. The second kappa shape index (κ2) is 5.28. The van der Waals surface area contributed by atoms with E-state index in [1.807, 2.05) is 24.3 Å². The van der Waals surface area contributed by atoms with E-state index in [1.54, 1.807) is 17.2 Å². The van der Waals surface area contributed by atoms with Crippen LogP contribution in [-0.2, 0) is 17.8 Å². The maximum atomic E-state index is 12.4. The third kappa shape index (κ3) is 2.34. The zero-order valence-corrected chi connectivity index (χ0v) is 11.0. The molecule has 0 fully saturated rings. The molecule has 0 aliphatic carbocycles. The second-order valence-electron chi connectivity index (χ2n) is 4.81. The number of hydrogen-bond donors (Lipinski definition) is 0. The molecule has 0 bridgehead atoms. The van der Waals surface area contributed by atoms with Gasteiger partial charge >= 0.3 is 5.69 Å². The van der Waals surface area contributed by atoms with Gasteiger partial charge in [0.2, 0.25) is 5.91 Å². The first-order valence-electron chi connectivity index (χ1n) is 6.65. The van der Waals surface area contributed by atoms with Crippen LogP contribution in [-0.4, -0.2) is 22.0 Å². The first-order valence-corrected chi connectivity index (χ1v) is 6.65. The summed E-state index contributed by atoms with van der Waals surface area (Å²) >= 11 is 0. The highest BCUT2D eigenvalue weighted by molar-refractivity contribution is 5.94. The minimum atomic E-state index is -0.397. The lowest BCUT2D eigenvalue weighted by Crippen LogP contribution is -2.39. The van der Waals surface area contributed by atoms with Crippen LogP contribution in [0.3, 0.4) is 0 Å². The maximum absolute atomic E-state index is 12.4. The van der Waals surface area contributed by atoms with Gasteiger partial charge in [0.15, 0.2) is 0 Å². The van der Waals surface area contributed by atoms with Crippen LogP contribution in [0.25, 0.3) is 0 Å². The van der Waals surface area contributed by atoms with Crippen LogP contribution in [0, 0.1) is 0 Å². The average molecular weight is 269 g/mol. The predicted octanol–water partition coefficient (Wildman–Crippen LogP) is 1.22. The molecule has 0 unspecified atom stereocenters.